The first-order valence-electron chi connectivity index (χ1n) is 6.74. The van der Waals surface area contributed by atoms with Gasteiger partial charge < -0.3 is 14.4 Å². The van der Waals surface area contributed by atoms with Crippen molar-refractivity contribution in [3.63, 3.8) is 0 Å². The molecule has 1 aliphatic heterocycles. The van der Waals surface area contributed by atoms with Gasteiger partial charge in [-0.15, -0.1) is 0 Å². The van der Waals surface area contributed by atoms with Crippen molar-refractivity contribution in [1.29, 1.82) is 0 Å². The molecule has 0 bridgehead atoms. The van der Waals surface area contributed by atoms with Gasteiger partial charge in [0.2, 0.25) is 0 Å². The van der Waals surface area contributed by atoms with E-state index in [-0.39, 0.29) is 11.3 Å². The Hall–Kier alpha value is -2.16. The Balaban J connectivity index is 2.37. The number of hydrogen-bond acceptors (Lipinski definition) is 4. The quantitative estimate of drug-likeness (QED) is 0.774. The Morgan fingerprint density at radius 2 is 1.96 bits per heavy atom. The van der Waals surface area contributed by atoms with Crippen molar-refractivity contribution in [2.75, 3.05) is 5.32 Å². The molecule has 124 valence electrons. The summed E-state index contributed by atoms with van der Waals surface area (Å²) in [6, 6.07) is 2.03. The molecule has 0 spiro atoms. The predicted octanol–water partition coefficient (Wildman–Crippen LogP) is 3.48. The van der Waals surface area contributed by atoms with Gasteiger partial charge in [-0.3, -0.25) is 5.32 Å². The predicted molar refractivity (Wildman–Crippen MR) is 78.9 cm³/mol. The summed E-state index contributed by atoms with van der Waals surface area (Å²) < 4.78 is 49.3. The third-order valence-electron chi connectivity index (χ3n) is 2.75. The van der Waals surface area contributed by atoms with E-state index in [0.29, 0.717) is 0 Å². The number of rotatable bonds is 1. The molecule has 0 saturated heterocycles. The van der Waals surface area contributed by atoms with Crippen molar-refractivity contribution in [3.8, 4) is 5.75 Å². The fourth-order valence-corrected chi connectivity index (χ4v) is 1.96. The maximum absolute atomic E-state index is 13.2. The zero-order chi connectivity index (χ0) is 17.4. The Morgan fingerprint density at radius 1 is 1.30 bits per heavy atom. The minimum atomic E-state index is -4.71. The number of benzene rings is 1. The maximum Gasteiger partial charge on any atom is 0.552 e. The van der Waals surface area contributed by atoms with E-state index in [4.69, 9.17) is 9.39 Å². The first-order valence-corrected chi connectivity index (χ1v) is 6.74. The van der Waals surface area contributed by atoms with Crippen LogP contribution >= 0.6 is 0 Å². The molecule has 0 unspecified atom stereocenters. The number of alkyl halides is 3. The molecular formula is C14H15BF3NO4. The van der Waals surface area contributed by atoms with Gasteiger partial charge in [-0.1, -0.05) is 6.08 Å². The van der Waals surface area contributed by atoms with E-state index in [2.05, 4.69) is 5.32 Å². The highest BCUT2D eigenvalue weighted by Gasteiger charge is 2.38. The average molecular weight is 329 g/mol. The van der Waals surface area contributed by atoms with Gasteiger partial charge in [0, 0.05) is 11.3 Å². The number of amides is 1. The van der Waals surface area contributed by atoms with Gasteiger partial charge in [0.1, 0.15) is 11.4 Å². The summed E-state index contributed by atoms with van der Waals surface area (Å²) in [5.41, 5.74) is -1.87. The second kappa shape index (κ2) is 5.80. The molecule has 1 aromatic rings. The molecule has 9 heteroatoms. The van der Waals surface area contributed by atoms with Crippen molar-refractivity contribution in [3.05, 3.63) is 29.2 Å². The second-order valence-corrected chi connectivity index (χ2v) is 5.93. The van der Waals surface area contributed by atoms with Crippen molar-refractivity contribution in [2.45, 2.75) is 32.5 Å². The molecule has 0 fully saturated rings. The fourth-order valence-electron chi connectivity index (χ4n) is 1.96. The van der Waals surface area contributed by atoms with Gasteiger partial charge in [0.05, 0.1) is 5.56 Å². The summed E-state index contributed by atoms with van der Waals surface area (Å²) in [6.45, 7) is 4.91. The van der Waals surface area contributed by atoms with Gasteiger partial charge in [-0.25, -0.2) is 4.79 Å². The molecule has 0 aliphatic carbocycles. The molecular weight excluding hydrogens is 314 g/mol. The summed E-state index contributed by atoms with van der Waals surface area (Å²) in [4.78, 5) is 11.7. The van der Waals surface area contributed by atoms with Crippen molar-refractivity contribution < 1.29 is 32.4 Å². The average Bonchev–Trinajstić information content (AvgIpc) is 2.34. The number of carbonyl (C=O) groups is 1. The number of carbonyl (C=O) groups excluding carboxylic acids is 1. The zero-order valence-corrected chi connectivity index (χ0v) is 12.7. The second-order valence-electron chi connectivity index (χ2n) is 5.93. The summed E-state index contributed by atoms with van der Waals surface area (Å²) >= 11 is 0. The smallest absolute Gasteiger partial charge is 0.532 e. The van der Waals surface area contributed by atoms with Crippen LogP contribution in [0.3, 0.4) is 0 Å². The van der Waals surface area contributed by atoms with E-state index in [1.165, 1.54) is 18.1 Å². The first kappa shape index (κ1) is 17.2. The molecule has 1 amide bonds. The minimum absolute atomic E-state index is 0.0880. The van der Waals surface area contributed by atoms with Crippen LogP contribution in [0.4, 0.5) is 23.7 Å². The minimum Gasteiger partial charge on any atom is -0.532 e. The van der Waals surface area contributed by atoms with Gasteiger partial charge in [0.15, 0.2) is 0 Å². The van der Waals surface area contributed by atoms with Crippen LogP contribution in [-0.2, 0) is 10.9 Å². The topological polar surface area (TPSA) is 67.8 Å². The molecule has 0 saturated carbocycles. The molecule has 0 radical (unpaired) electrons. The number of nitrogens with one attached hydrogen (secondary N) is 1. The van der Waals surface area contributed by atoms with Crippen LogP contribution in [0.1, 0.15) is 31.9 Å². The first-order chi connectivity index (χ1) is 10.5. The molecule has 1 aliphatic rings. The van der Waals surface area contributed by atoms with Crippen LogP contribution in [0.15, 0.2) is 18.1 Å². The summed E-state index contributed by atoms with van der Waals surface area (Å²) in [7, 11) is -1.45. The number of halogens is 3. The highest BCUT2D eigenvalue weighted by Crippen LogP contribution is 2.42. The van der Waals surface area contributed by atoms with Crippen LogP contribution in [-0.4, -0.2) is 23.8 Å². The molecule has 5 nitrogen and oxygen atoms in total. The van der Waals surface area contributed by atoms with Crippen molar-refractivity contribution in [2.24, 2.45) is 0 Å². The molecule has 1 aromatic carbocycles. The molecule has 2 rings (SSSR count). The highest BCUT2D eigenvalue weighted by atomic mass is 19.4. The van der Waals surface area contributed by atoms with Gasteiger partial charge >= 0.3 is 19.4 Å². The third-order valence-corrected chi connectivity index (χ3v) is 2.75. The number of hydrogen-bond donors (Lipinski definition) is 2. The summed E-state index contributed by atoms with van der Waals surface area (Å²) in [5.74, 6) is 0.710. The van der Waals surface area contributed by atoms with Crippen LogP contribution in [0.25, 0.3) is 6.08 Å². The van der Waals surface area contributed by atoms with E-state index in [0.717, 1.165) is 6.07 Å². The molecule has 2 N–H and O–H groups in total. The zero-order valence-electron chi connectivity index (χ0n) is 12.7. The Kier molecular flexibility index (Phi) is 4.34. The lowest BCUT2D eigenvalue weighted by molar-refractivity contribution is -0.138. The molecule has 1 heterocycles. The summed E-state index contributed by atoms with van der Waals surface area (Å²) in [6.07, 6.45) is -4.29. The standard InChI is InChI=1S/C14H15BF3NO4/c1-13(2,3)22-12(20)19-9-6-8-4-5-15(21)23-11(8)10(7-9)14(16,17)18/h4-7,21H,1-3H3,(H,19,20). The largest absolute Gasteiger partial charge is 0.552 e. The van der Waals surface area contributed by atoms with Gasteiger partial charge in [-0.05, 0) is 38.9 Å². The van der Waals surface area contributed by atoms with E-state index >= 15 is 0 Å². The van der Waals surface area contributed by atoms with Crippen LogP contribution in [0.5, 0.6) is 5.75 Å². The Bertz CT molecular complexity index is 653. The normalized spacial score (nSPS) is 14.1. The van der Waals surface area contributed by atoms with Crippen LogP contribution < -0.4 is 9.97 Å². The van der Waals surface area contributed by atoms with Crippen molar-refractivity contribution in [1.82, 2.24) is 0 Å². The molecule has 0 aromatic heterocycles. The van der Waals surface area contributed by atoms with E-state index < -0.39 is 36.3 Å². The Morgan fingerprint density at radius 3 is 2.52 bits per heavy atom. The number of ether oxygens (including phenoxy) is 1. The number of fused-ring (bicyclic) bond motifs is 1. The monoisotopic (exact) mass is 329 g/mol. The van der Waals surface area contributed by atoms with E-state index in [9.17, 15) is 23.0 Å². The number of anilines is 1. The SMILES string of the molecule is CC(C)(C)OC(=O)Nc1cc2c(c(C(F)(F)F)c1)OB(O)C=C2. The lowest BCUT2D eigenvalue weighted by Crippen LogP contribution is -2.28. The molecule has 0 atom stereocenters. The van der Waals surface area contributed by atoms with E-state index in [1.807, 2.05) is 0 Å². The van der Waals surface area contributed by atoms with E-state index in [1.54, 1.807) is 20.8 Å². The van der Waals surface area contributed by atoms with Gasteiger partial charge in [0.25, 0.3) is 0 Å². The van der Waals surface area contributed by atoms with Gasteiger partial charge in [-0.2, -0.15) is 13.2 Å². The van der Waals surface area contributed by atoms with Crippen molar-refractivity contribution >= 4 is 25.0 Å². The fraction of sp³-hybridized carbons (Fsp3) is 0.357. The van der Waals surface area contributed by atoms with Crippen LogP contribution in [0, 0.1) is 0 Å². The maximum atomic E-state index is 13.2. The third kappa shape index (κ3) is 4.41. The summed E-state index contributed by atoms with van der Waals surface area (Å²) in [5, 5.41) is 11.6. The Labute approximate surface area is 131 Å². The van der Waals surface area contributed by atoms with Crippen LogP contribution in [0.2, 0.25) is 0 Å². The highest BCUT2D eigenvalue weighted by molar-refractivity contribution is 6.51. The lowest BCUT2D eigenvalue weighted by Gasteiger charge is -2.23. The molecule has 23 heavy (non-hydrogen) atoms. The lowest BCUT2D eigenvalue weighted by atomic mass is 9.85.